The second kappa shape index (κ2) is 5.38. The van der Waals surface area contributed by atoms with Crippen LogP contribution in [0.2, 0.25) is 0 Å². The quantitative estimate of drug-likeness (QED) is 0.674. The molecular formula is C13H15N3O4. The molecule has 2 rings (SSSR count). The van der Waals surface area contributed by atoms with E-state index in [2.05, 4.69) is 10.5 Å². The van der Waals surface area contributed by atoms with E-state index in [1.165, 1.54) is 12.1 Å². The lowest BCUT2D eigenvalue weighted by molar-refractivity contribution is -0.384. The van der Waals surface area contributed by atoms with Gasteiger partial charge in [-0.2, -0.15) is 5.10 Å². The van der Waals surface area contributed by atoms with Gasteiger partial charge >= 0.3 is 0 Å². The number of nitrogens with one attached hydrogen (secondary N) is 1. The number of nitro groups is 1. The molecule has 0 radical (unpaired) electrons. The highest BCUT2D eigenvalue weighted by molar-refractivity contribution is 6.41. The summed E-state index contributed by atoms with van der Waals surface area (Å²) in [4.78, 5) is 22.0. The van der Waals surface area contributed by atoms with Gasteiger partial charge < -0.3 is 4.74 Å². The molecule has 1 aliphatic rings. The molecule has 1 aliphatic heterocycles. The number of carbonyl (C=O) groups is 1. The van der Waals surface area contributed by atoms with E-state index in [0.717, 1.165) is 0 Å². The van der Waals surface area contributed by atoms with Gasteiger partial charge in [0.05, 0.1) is 22.8 Å². The Kier molecular flexibility index (Phi) is 3.80. The second-order valence-corrected chi connectivity index (χ2v) is 5.13. The van der Waals surface area contributed by atoms with E-state index in [1.54, 1.807) is 12.1 Å². The second-order valence-electron chi connectivity index (χ2n) is 5.13. The van der Waals surface area contributed by atoms with Crippen LogP contribution < -0.4 is 5.43 Å². The van der Waals surface area contributed by atoms with E-state index in [-0.39, 0.29) is 30.2 Å². The van der Waals surface area contributed by atoms with Crippen molar-refractivity contribution in [2.24, 2.45) is 5.10 Å². The summed E-state index contributed by atoms with van der Waals surface area (Å²) in [5.74, 6) is -0.0841. The zero-order valence-corrected chi connectivity index (χ0v) is 11.3. The van der Waals surface area contributed by atoms with Crippen molar-refractivity contribution in [3.8, 4) is 0 Å². The van der Waals surface area contributed by atoms with Crippen LogP contribution in [0, 0.1) is 10.1 Å². The van der Waals surface area contributed by atoms with Crippen LogP contribution in [-0.2, 0) is 9.53 Å². The lowest BCUT2D eigenvalue weighted by Gasteiger charge is -2.29. The molecule has 0 bridgehead atoms. The Balaban J connectivity index is 2.08. The minimum absolute atomic E-state index is 0.0393. The number of anilines is 1. The number of non-ortho nitro benzene ring substituents is 1. The van der Waals surface area contributed by atoms with Crippen LogP contribution in [0.1, 0.15) is 20.3 Å². The van der Waals surface area contributed by atoms with Crippen molar-refractivity contribution in [3.05, 3.63) is 34.4 Å². The molecule has 1 saturated heterocycles. The third-order valence-electron chi connectivity index (χ3n) is 2.88. The average molecular weight is 277 g/mol. The first kappa shape index (κ1) is 14.1. The molecule has 1 fully saturated rings. The third kappa shape index (κ3) is 3.39. The number of Topliss-reactive ketones (excluding diaryl/α,β-unsaturated/α-hetero) is 1. The number of carbonyl (C=O) groups excluding carboxylic acids is 1. The van der Waals surface area contributed by atoms with Gasteiger partial charge in [0.2, 0.25) is 0 Å². The van der Waals surface area contributed by atoms with Crippen LogP contribution in [0.3, 0.4) is 0 Å². The van der Waals surface area contributed by atoms with Crippen molar-refractivity contribution in [2.75, 3.05) is 12.0 Å². The Bertz CT molecular complexity index is 581. The monoisotopic (exact) mass is 277 g/mol. The fourth-order valence-corrected chi connectivity index (χ4v) is 1.80. The zero-order valence-electron chi connectivity index (χ0n) is 11.3. The largest absolute Gasteiger partial charge is 0.369 e. The van der Waals surface area contributed by atoms with Crippen molar-refractivity contribution in [2.45, 2.75) is 25.9 Å². The first-order chi connectivity index (χ1) is 9.37. The van der Waals surface area contributed by atoms with Crippen molar-refractivity contribution >= 4 is 22.9 Å². The summed E-state index contributed by atoms with van der Waals surface area (Å²) in [6.07, 6.45) is 0.266. The number of ketones is 1. The predicted octanol–water partition coefficient (Wildman–Crippen LogP) is 2.13. The van der Waals surface area contributed by atoms with Gasteiger partial charge in [0, 0.05) is 18.6 Å². The molecule has 0 amide bonds. The Morgan fingerprint density at radius 1 is 1.45 bits per heavy atom. The van der Waals surface area contributed by atoms with Gasteiger partial charge in [-0.1, -0.05) is 6.07 Å². The first-order valence-electron chi connectivity index (χ1n) is 6.11. The van der Waals surface area contributed by atoms with Crippen molar-refractivity contribution in [1.29, 1.82) is 0 Å². The van der Waals surface area contributed by atoms with Gasteiger partial charge in [-0.15, -0.1) is 0 Å². The Labute approximate surface area is 115 Å². The number of nitrogens with zero attached hydrogens (tertiary/aromatic N) is 2. The first-order valence-corrected chi connectivity index (χ1v) is 6.11. The van der Waals surface area contributed by atoms with Crippen LogP contribution >= 0.6 is 0 Å². The Morgan fingerprint density at radius 3 is 2.85 bits per heavy atom. The normalized spacial score (nSPS) is 19.9. The van der Waals surface area contributed by atoms with Gasteiger partial charge in [-0.25, -0.2) is 0 Å². The summed E-state index contributed by atoms with van der Waals surface area (Å²) >= 11 is 0. The fraction of sp³-hybridized carbons (Fsp3) is 0.385. The zero-order chi connectivity index (χ0) is 14.8. The lowest BCUT2D eigenvalue weighted by atomic mass is 9.96. The van der Waals surface area contributed by atoms with Crippen molar-refractivity contribution < 1.29 is 14.5 Å². The molecule has 0 spiro atoms. The highest BCUT2D eigenvalue weighted by atomic mass is 16.6. The van der Waals surface area contributed by atoms with Crippen LogP contribution in [0.15, 0.2) is 29.4 Å². The summed E-state index contributed by atoms with van der Waals surface area (Å²) in [5, 5.41) is 14.6. The SMILES string of the molecule is CC1(C)CC(=O)/C(=N\Nc2cccc([N+](=O)[O-])c2)CO1. The molecular weight excluding hydrogens is 262 g/mol. The number of hydrazone groups is 1. The topological polar surface area (TPSA) is 93.8 Å². The number of hydrogen-bond donors (Lipinski definition) is 1. The van der Waals surface area contributed by atoms with Gasteiger partial charge in [0.15, 0.2) is 5.78 Å². The molecule has 1 heterocycles. The van der Waals surface area contributed by atoms with E-state index >= 15 is 0 Å². The van der Waals surface area contributed by atoms with E-state index < -0.39 is 10.5 Å². The van der Waals surface area contributed by atoms with E-state index in [4.69, 9.17) is 4.74 Å². The minimum atomic E-state index is -0.490. The summed E-state index contributed by atoms with van der Waals surface area (Å²) in [6, 6.07) is 5.91. The van der Waals surface area contributed by atoms with E-state index in [9.17, 15) is 14.9 Å². The summed E-state index contributed by atoms with van der Waals surface area (Å²) in [7, 11) is 0. The number of benzene rings is 1. The molecule has 0 aliphatic carbocycles. The van der Waals surface area contributed by atoms with Gasteiger partial charge in [-0.3, -0.25) is 20.3 Å². The molecule has 0 atom stereocenters. The fourth-order valence-electron chi connectivity index (χ4n) is 1.80. The molecule has 106 valence electrons. The number of ether oxygens (including phenoxy) is 1. The number of nitro benzene ring substituents is 1. The van der Waals surface area contributed by atoms with E-state index in [0.29, 0.717) is 5.69 Å². The molecule has 7 heteroatoms. The number of hydrogen-bond acceptors (Lipinski definition) is 6. The summed E-state index contributed by atoms with van der Waals surface area (Å²) in [5.41, 5.74) is 2.88. The molecule has 0 unspecified atom stereocenters. The van der Waals surface area contributed by atoms with Crippen LogP contribution in [-0.4, -0.2) is 28.6 Å². The van der Waals surface area contributed by atoms with Gasteiger partial charge in [0.25, 0.3) is 5.69 Å². The third-order valence-corrected chi connectivity index (χ3v) is 2.88. The summed E-state index contributed by atoms with van der Waals surface area (Å²) in [6.45, 7) is 3.82. The summed E-state index contributed by atoms with van der Waals surface area (Å²) < 4.78 is 5.50. The highest BCUT2D eigenvalue weighted by Gasteiger charge is 2.31. The van der Waals surface area contributed by atoms with Gasteiger partial charge in [0.1, 0.15) is 5.71 Å². The van der Waals surface area contributed by atoms with Crippen molar-refractivity contribution in [3.63, 3.8) is 0 Å². The van der Waals surface area contributed by atoms with E-state index in [1.807, 2.05) is 13.8 Å². The van der Waals surface area contributed by atoms with Crippen LogP contribution in [0.25, 0.3) is 0 Å². The smallest absolute Gasteiger partial charge is 0.271 e. The molecule has 1 aromatic carbocycles. The predicted molar refractivity (Wildman–Crippen MR) is 73.8 cm³/mol. The van der Waals surface area contributed by atoms with Gasteiger partial charge in [-0.05, 0) is 19.9 Å². The maximum absolute atomic E-state index is 11.8. The number of rotatable bonds is 3. The van der Waals surface area contributed by atoms with Crippen molar-refractivity contribution in [1.82, 2.24) is 0 Å². The molecule has 7 nitrogen and oxygen atoms in total. The van der Waals surface area contributed by atoms with Crippen LogP contribution in [0.5, 0.6) is 0 Å². The molecule has 1 aromatic rings. The average Bonchev–Trinajstić information content (AvgIpc) is 2.37. The molecule has 1 N–H and O–H groups in total. The molecule has 0 saturated carbocycles. The Morgan fingerprint density at radius 2 is 2.20 bits per heavy atom. The standard InChI is InChI=1S/C13H15N3O4/c1-13(2)7-12(17)11(8-20-13)15-14-9-4-3-5-10(6-9)16(18)19/h3-6,14H,7-8H2,1-2H3/b15-11-. The molecule has 0 aromatic heterocycles. The van der Waals surface area contributed by atoms with Crippen LogP contribution in [0.4, 0.5) is 11.4 Å². The molecule has 20 heavy (non-hydrogen) atoms. The minimum Gasteiger partial charge on any atom is -0.369 e. The lowest BCUT2D eigenvalue weighted by Crippen LogP contribution is -2.40. The maximum atomic E-state index is 11.8. The maximum Gasteiger partial charge on any atom is 0.271 e. The Hall–Kier alpha value is -2.28. The highest BCUT2D eigenvalue weighted by Crippen LogP contribution is 2.21.